The van der Waals surface area contributed by atoms with E-state index in [0.717, 1.165) is 38.9 Å². The van der Waals surface area contributed by atoms with Crippen LogP contribution in [-0.4, -0.2) is 64.9 Å². The zero-order chi connectivity index (χ0) is 20.1. The van der Waals surface area contributed by atoms with Gasteiger partial charge in [0.2, 0.25) is 5.95 Å². The van der Waals surface area contributed by atoms with Crippen LogP contribution in [0, 0.1) is 0 Å². The molecule has 0 atom stereocenters. The lowest BCUT2D eigenvalue weighted by molar-refractivity contribution is 0.0210. The van der Waals surface area contributed by atoms with Crippen molar-refractivity contribution in [3.8, 4) is 0 Å². The molecule has 28 heavy (non-hydrogen) atoms. The van der Waals surface area contributed by atoms with Crippen molar-refractivity contribution in [3.05, 3.63) is 6.20 Å². The van der Waals surface area contributed by atoms with Gasteiger partial charge in [0.05, 0.1) is 11.9 Å². The zero-order valence-electron chi connectivity index (χ0n) is 17.0. The summed E-state index contributed by atoms with van der Waals surface area (Å²) in [7, 11) is 0. The topological polar surface area (TPSA) is 115 Å². The summed E-state index contributed by atoms with van der Waals surface area (Å²) in [6.07, 6.45) is 4.89. The first-order chi connectivity index (χ1) is 13.3. The molecule has 2 aliphatic rings. The van der Waals surface area contributed by atoms with Gasteiger partial charge >= 0.3 is 6.09 Å². The average Bonchev–Trinajstić information content (AvgIpc) is 2.64. The van der Waals surface area contributed by atoms with Gasteiger partial charge in [-0.25, -0.2) is 9.78 Å². The first-order valence-electron chi connectivity index (χ1n) is 10.0. The maximum atomic E-state index is 12.2. The Balaban J connectivity index is 1.53. The van der Waals surface area contributed by atoms with E-state index in [4.69, 9.17) is 15.2 Å². The second-order valence-corrected chi connectivity index (χ2v) is 8.41. The number of hydrogen-bond acceptors (Lipinski definition) is 8. The highest BCUT2D eigenvalue weighted by Gasteiger charge is 2.27. The number of nitrogens with zero attached hydrogens (tertiary/aromatic N) is 3. The van der Waals surface area contributed by atoms with E-state index >= 15 is 0 Å². The Labute approximate surface area is 166 Å². The van der Waals surface area contributed by atoms with Crippen LogP contribution in [0.15, 0.2) is 6.20 Å². The van der Waals surface area contributed by atoms with E-state index in [-0.39, 0.29) is 12.1 Å². The fourth-order valence-electron chi connectivity index (χ4n) is 3.33. The number of anilines is 3. The van der Waals surface area contributed by atoms with E-state index in [1.165, 1.54) is 0 Å². The molecule has 9 nitrogen and oxygen atoms in total. The number of nitrogen functional groups attached to an aromatic ring is 1. The second kappa shape index (κ2) is 8.81. The Morgan fingerprint density at radius 3 is 2.46 bits per heavy atom. The van der Waals surface area contributed by atoms with Crippen molar-refractivity contribution in [2.75, 3.05) is 42.7 Å². The number of carbonyl (C=O) groups excluding carboxylic acids is 1. The molecule has 2 fully saturated rings. The normalized spacial score (nSPS) is 19.3. The number of hydrogen-bond donors (Lipinski definition) is 3. The van der Waals surface area contributed by atoms with E-state index in [9.17, 15) is 4.79 Å². The van der Waals surface area contributed by atoms with Gasteiger partial charge < -0.3 is 30.7 Å². The lowest BCUT2D eigenvalue weighted by Gasteiger charge is -2.34. The highest BCUT2D eigenvalue weighted by atomic mass is 16.6. The van der Waals surface area contributed by atoms with Gasteiger partial charge in [-0.2, -0.15) is 4.98 Å². The molecule has 4 N–H and O–H groups in total. The number of rotatable bonds is 4. The van der Waals surface area contributed by atoms with Gasteiger partial charge in [-0.05, 0) is 46.5 Å². The average molecular weight is 393 g/mol. The smallest absolute Gasteiger partial charge is 0.410 e. The first kappa shape index (κ1) is 20.4. The minimum atomic E-state index is -0.477. The van der Waals surface area contributed by atoms with Gasteiger partial charge in [0.25, 0.3) is 0 Å². The summed E-state index contributed by atoms with van der Waals surface area (Å²) in [5.41, 5.74) is 6.11. The largest absolute Gasteiger partial charge is 0.444 e. The Morgan fingerprint density at radius 1 is 1.18 bits per heavy atom. The SMILES string of the molecule is CC(C)(C)OC(=O)N1CCC(Nc2nc(NC3CCOCC3)ncc2N)CC1. The summed E-state index contributed by atoms with van der Waals surface area (Å²) >= 11 is 0. The summed E-state index contributed by atoms with van der Waals surface area (Å²) < 4.78 is 10.8. The van der Waals surface area contributed by atoms with E-state index in [0.29, 0.717) is 36.6 Å². The Kier molecular flexibility index (Phi) is 6.43. The molecule has 0 aliphatic carbocycles. The van der Waals surface area contributed by atoms with Crippen LogP contribution < -0.4 is 16.4 Å². The van der Waals surface area contributed by atoms with Crippen molar-refractivity contribution in [3.63, 3.8) is 0 Å². The molecule has 0 saturated carbocycles. The lowest BCUT2D eigenvalue weighted by Crippen LogP contribution is -2.44. The van der Waals surface area contributed by atoms with Gasteiger partial charge in [0.1, 0.15) is 5.60 Å². The molecule has 0 spiro atoms. The predicted octanol–water partition coefficient (Wildman–Crippen LogP) is 2.46. The number of aromatic nitrogens is 2. The van der Waals surface area contributed by atoms with Crippen molar-refractivity contribution in [1.82, 2.24) is 14.9 Å². The fourth-order valence-corrected chi connectivity index (χ4v) is 3.33. The van der Waals surface area contributed by atoms with Gasteiger partial charge in [-0.1, -0.05) is 0 Å². The molecule has 0 unspecified atom stereocenters. The third-order valence-corrected chi connectivity index (χ3v) is 4.86. The van der Waals surface area contributed by atoms with Crippen LogP contribution >= 0.6 is 0 Å². The summed E-state index contributed by atoms with van der Waals surface area (Å²) in [6.45, 7) is 8.44. The molecule has 0 radical (unpaired) electrons. The molecule has 9 heteroatoms. The van der Waals surface area contributed by atoms with Gasteiger partial charge in [-0.3, -0.25) is 0 Å². The van der Waals surface area contributed by atoms with E-state index in [1.54, 1.807) is 11.1 Å². The number of likely N-dealkylation sites (tertiary alicyclic amines) is 1. The minimum Gasteiger partial charge on any atom is -0.444 e. The molecule has 2 aliphatic heterocycles. The highest BCUT2D eigenvalue weighted by Crippen LogP contribution is 2.23. The maximum absolute atomic E-state index is 12.2. The van der Waals surface area contributed by atoms with Crippen molar-refractivity contribution < 1.29 is 14.3 Å². The number of ether oxygens (including phenoxy) is 2. The number of piperidine rings is 1. The van der Waals surface area contributed by atoms with Crippen LogP contribution in [-0.2, 0) is 9.47 Å². The molecule has 3 rings (SSSR count). The van der Waals surface area contributed by atoms with Crippen LogP contribution in [0.4, 0.5) is 22.2 Å². The highest BCUT2D eigenvalue weighted by molar-refractivity contribution is 5.68. The van der Waals surface area contributed by atoms with Gasteiger partial charge in [-0.15, -0.1) is 0 Å². The van der Waals surface area contributed by atoms with Gasteiger partial charge in [0.15, 0.2) is 5.82 Å². The number of nitrogens with one attached hydrogen (secondary N) is 2. The van der Waals surface area contributed by atoms with E-state index in [2.05, 4.69) is 20.6 Å². The molecule has 0 aromatic carbocycles. The molecule has 1 amide bonds. The maximum Gasteiger partial charge on any atom is 0.410 e. The molecule has 2 saturated heterocycles. The van der Waals surface area contributed by atoms with Crippen LogP contribution in [0.3, 0.4) is 0 Å². The third-order valence-electron chi connectivity index (χ3n) is 4.86. The number of carbonyl (C=O) groups is 1. The van der Waals surface area contributed by atoms with Crippen LogP contribution in [0.25, 0.3) is 0 Å². The fraction of sp³-hybridized carbons (Fsp3) is 0.737. The number of amides is 1. The van der Waals surface area contributed by atoms with Crippen LogP contribution in [0.1, 0.15) is 46.5 Å². The Morgan fingerprint density at radius 2 is 1.82 bits per heavy atom. The van der Waals surface area contributed by atoms with Crippen molar-refractivity contribution in [1.29, 1.82) is 0 Å². The monoisotopic (exact) mass is 392 g/mol. The van der Waals surface area contributed by atoms with Crippen LogP contribution in [0.5, 0.6) is 0 Å². The van der Waals surface area contributed by atoms with Gasteiger partial charge in [0, 0.05) is 38.4 Å². The van der Waals surface area contributed by atoms with E-state index < -0.39 is 5.60 Å². The predicted molar refractivity (Wildman–Crippen MR) is 108 cm³/mol. The van der Waals surface area contributed by atoms with Crippen molar-refractivity contribution in [2.45, 2.75) is 64.1 Å². The molecular formula is C19H32N6O3. The molecule has 1 aromatic rings. The first-order valence-corrected chi connectivity index (χ1v) is 10.0. The number of nitrogens with two attached hydrogens (primary N) is 1. The second-order valence-electron chi connectivity index (χ2n) is 8.41. The van der Waals surface area contributed by atoms with Crippen molar-refractivity contribution >= 4 is 23.5 Å². The summed E-state index contributed by atoms with van der Waals surface area (Å²) in [6, 6.07) is 0.522. The molecule has 3 heterocycles. The standard InChI is InChI=1S/C19H32N6O3/c1-19(2,3)28-18(26)25-8-4-13(5-9-25)22-16-15(20)12-21-17(24-16)23-14-6-10-27-11-7-14/h12-14H,4-11,20H2,1-3H3,(H2,21,22,23,24). The third kappa shape index (κ3) is 5.85. The molecular weight excluding hydrogens is 360 g/mol. The zero-order valence-corrected chi connectivity index (χ0v) is 17.0. The Bertz CT molecular complexity index is 664. The summed E-state index contributed by atoms with van der Waals surface area (Å²) in [5, 5.41) is 6.78. The quantitative estimate of drug-likeness (QED) is 0.716. The Hall–Kier alpha value is -2.29. The molecule has 156 valence electrons. The molecule has 1 aromatic heterocycles. The molecule has 0 bridgehead atoms. The van der Waals surface area contributed by atoms with E-state index in [1.807, 2.05) is 20.8 Å². The van der Waals surface area contributed by atoms with Crippen molar-refractivity contribution in [2.24, 2.45) is 0 Å². The summed E-state index contributed by atoms with van der Waals surface area (Å²) in [5.74, 6) is 1.22. The minimum absolute atomic E-state index is 0.201. The summed E-state index contributed by atoms with van der Waals surface area (Å²) in [4.78, 5) is 22.8. The lowest BCUT2D eigenvalue weighted by atomic mass is 10.1. The van der Waals surface area contributed by atoms with Crippen LogP contribution in [0.2, 0.25) is 0 Å².